The number of carbonyl (C=O) groups excluding carboxylic acids is 2. The summed E-state index contributed by atoms with van der Waals surface area (Å²) in [6, 6.07) is 1.13. The fourth-order valence-corrected chi connectivity index (χ4v) is 1.31. The van der Waals surface area contributed by atoms with Crippen molar-refractivity contribution in [3.8, 4) is 0 Å². The van der Waals surface area contributed by atoms with Crippen LogP contribution in [0.3, 0.4) is 0 Å². The summed E-state index contributed by atoms with van der Waals surface area (Å²) in [5.74, 6) is -0.0951. The van der Waals surface area contributed by atoms with Crippen LogP contribution in [0.15, 0.2) is 23.0 Å². The molecule has 0 bridgehead atoms. The highest BCUT2D eigenvalue weighted by Crippen LogP contribution is 2.07. The highest BCUT2D eigenvalue weighted by Gasteiger charge is 2.21. The van der Waals surface area contributed by atoms with Gasteiger partial charge in [-0.1, -0.05) is 0 Å². The zero-order chi connectivity index (χ0) is 13.8. The third-order valence-electron chi connectivity index (χ3n) is 2.17. The molecule has 1 aromatic heterocycles. The average molecular weight is 253 g/mol. The van der Waals surface area contributed by atoms with Gasteiger partial charge in [-0.2, -0.15) is 0 Å². The summed E-state index contributed by atoms with van der Waals surface area (Å²) in [6.07, 6.45) is 2.66. The van der Waals surface area contributed by atoms with E-state index < -0.39 is 17.7 Å². The number of hydrogen-bond donors (Lipinski definition) is 1. The molecule has 0 aliphatic carbocycles. The van der Waals surface area contributed by atoms with Gasteiger partial charge in [0.15, 0.2) is 5.78 Å². The van der Waals surface area contributed by atoms with E-state index in [2.05, 4.69) is 5.32 Å². The zero-order valence-corrected chi connectivity index (χ0v) is 11.1. The first-order valence-electron chi connectivity index (χ1n) is 5.81. The predicted molar refractivity (Wildman–Crippen MR) is 66.3 cm³/mol. The van der Waals surface area contributed by atoms with Crippen LogP contribution >= 0.6 is 0 Å². The molecule has 1 amide bonds. The molecular weight excluding hydrogens is 234 g/mol. The van der Waals surface area contributed by atoms with Crippen molar-refractivity contribution >= 4 is 11.9 Å². The van der Waals surface area contributed by atoms with E-state index >= 15 is 0 Å². The molecule has 5 nitrogen and oxygen atoms in total. The van der Waals surface area contributed by atoms with Gasteiger partial charge in [0.1, 0.15) is 5.60 Å². The van der Waals surface area contributed by atoms with Crippen molar-refractivity contribution < 1.29 is 18.7 Å². The van der Waals surface area contributed by atoms with Crippen LogP contribution in [0.1, 0.15) is 33.3 Å². The number of alkyl carbamates (subject to hydrolysis) is 1. The summed E-state index contributed by atoms with van der Waals surface area (Å²) < 4.78 is 9.95. The largest absolute Gasteiger partial charge is 0.472 e. The van der Waals surface area contributed by atoms with Gasteiger partial charge in [-0.3, -0.25) is 4.79 Å². The summed E-state index contributed by atoms with van der Waals surface area (Å²) in [6.45, 7) is 6.94. The number of carbonyl (C=O) groups is 2. The second kappa shape index (κ2) is 5.71. The Labute approximate surface area is 106 Å². The maximum Gasteiger partial charge on any atom is 0.408 e. The zero-order valence-electron chi connectivity index (χ0n) is 11.1. The molecular formula is C13H19NO4. The van der Waals surface area contributed by atoms with Gasteiger partial charge in [0, 0.05) is 6.42 Å². The van der Waals surface area contributed by atoms with Crippen LogP contribution in [0, 0.1) is 0 Å². The molecule has 100 valence electrons. The van der Waals surface area contributed by atoms with Crippen molar-refractivity contribution in [1.29, 1.82) is 0 Å². The molecule has 1 aromatic rings. The number of rotatable bonds is 4. The van der Waals surface area contributed by atoms with Crippen LogP contribution in [-0.2, 0) is 16.0 Å². The van der Waals surface area contributed by atoms with Gasteiger partial charge in [0.2, 0.25) is 0 Å². The van der Waals surface area contributed by atoms with E-state index in [9.17, 15) is 9.59 Å². The first kappa shape index (κ1) is 14.3. The fourth-order valence-electron chi connectivity index (χ4n) is 1.31. The Bertz CT molecular complexity index is 403. The predicted octanol–water partition coefficient (Wildman–Crippen LogP) is 2.30. The Morgan fingerprint density at radius 3 is 2.61 bits per heavy atom. The molecule has 0 aliphatic heterocycles. The van der Waals surface area contributed by atoms with Gasteiger partial charge >= 0.3 is 6.09 Å². The Kier molecular flexibility index (Phi) is 4.53. The summed E-state index contributed by atoms with van der Waals surface area (Å²) in [5.41, 5.74) is 0.218. The lowest BCUT2D eigenvalue weighted by Crippen LogP contribution is -2.42. The first-order chi connectivity index (χ1) is 8.28. The van der Waals surface area contributed by atoms with Crippen molar-refractivity contribution in [1.82, 2.24) is 5.32 Å². The molecule has 0 saturated carbocycles. The molecule has 0 fully saturated rings. The standard InChI is InChI=1S/C13H19NO4/c1-9(14-12(16)18-13(2,3)4)11(15)7-10-5-6-17-8-10/h5-6,8-9H,7H2,1-4H3,(H,14,16)/t9-/m0/s1. The number of Topliss-reactive ketones (excluding diaryl/α,β-unsaturated/α-hetero) is 1. The smallest absolute Gasteiger partial charge is 0.408 e. The number of ether oxygens (including phenoxy) is 1. The van der Waals surface area contributed by atoms with Gasteiger partial charge in [-0.25, -0.2) is 4.79 Å². The van der Waals surface area contributed by atoms with Crippen LogP contribution in [0.25, 0.3) is 0 Å². The summed E-state index contributed by atoms with van der Waals surface area (Å²) in [5, 5.41) is 2.51. The Morgan fingerprint density at radius 1 is 1.44 bits per heavy atom. The number of hydrogen-bond acceptors (Lipinski definition) is 4. The quantitative estimate of drug-likeness (QED) is 0.894. The maximum atomic E-state index is 11.8. The SMILES string of the molecule is C[C@H](NC(=O)OC(C)(C)C)C(=O)Cc1ccoc1. The lowest BCUT2D eigenvalue weighted by molar-refractivity contribution is -0.120. The van der Waals surface area contributed by atoms with Gasteiger partial charge in [-0.15, -0.1) is 0 Å². The van der Waals surface area contributed by atoms with Crippen molar-refractivity contribution in [2.75, 3.05) is 0 Å². The fraction of sp³-hybridized carbons (Fsp3) is 0.538. The van der Waals surface area contributed by atoms with E-state index in [1.165, 1.54) is 12.5 Å². The molecule has 0 radical (unpaired) electrons. The number of furan rings is 1. The monoisotopic (exact) mass is 253 g/mol. The molecule has 0 unspecified atom stereocenters. The van der Waals surface area contributed by atoms with Crippen LogP contribution < -0.4 is 5.32 Å². The van der Waals surface area contributed by atoms with Gasteiger partial charge in [0.05, 0.1) is 18.6 Å². The number of ketones is 1. The van der Waals surface area contributed by atoms with Crippen LogP contribution in [0.5, 0.6) is 0 Å². The third kappa shape index (κ3) is 5.03. The van der Waals surface area contributed by atoms with Crippen molar-refractivity contribution in [3.63, 3.8) is 0 Å². The van der Waals surface area contributed by atoms with Crippen molar-refractivity contribution in [2.24, 2.45) is 0 Å². The topological polar surface area (TPSA) is 68.5 Å². The average Bonchev–Trinajstić information content (AvgIpc) is 2.66. The molecule has 0 aromatic carbocycles. The second-order valence-electron chi connectivity index (χ2n) is 5.14. The number of nitrogens with one attached hydrogen (secondary N) is 1. The van der Waals surface area contributed by atoms with Gasteiger partial charge in [0.25, 0.3) is 0 Å². The molecule has 1 N–H and O–H groups in total. The van der Waals surface area contributed by atoms with Crippen LogP contribution in [-0.4, -0.2) is 23.5 Å². The summed E-state index contributed by atoms with van der Waals surface area (Å²) in [7, 11) is 0. The number of amides is 1. The van der Waals surface area contributed by atoms with Crippen molar-refractivity contribution in [2.45, 2.75) is 45.8 Å². The summed E-state index contributed by atoms with van der Waals surface area (Å²) in [4.78, 5) is 23.3. The molecule has 0 saturated heterocycles. The van der Waals surface area contributed by atoms with Gasteiger partial charge < -0.3 is 14.5 Å². The molecule has 0 aliphatic rings. The highest BCUT2D eigenvalue weighted by molar-refractivity contribution is 5.88. The first-order valence-corrected chi connectivity index (χ1v) is 5.81. The summed E-state index contributed by atoms with van der Waals surface area (Å²) >= 11 is 0. The minimum atomic E-state index is -0.588. The normalized spacial score (nSPS) is 12.9. The minimum Gasteiger partial charge on any atom is -0.472 e. The molecule has 5 heteroatoms. The molecule has 0 spiro atoms. The van der Waals surface area contributed by atoms with E-state index in [1.54, 1.807) is 33.8 Å². The second-order valence-corrected chi connectivity index (χ2v) is 5.14. The Morgan fingerprint density at radius 2 is 2.11 bits per heavy atom. The molecule has 18 heavy (non-hydrogen) atoms. The molecule has 1 heterocycles. The van der Waals surface area contributed by atoms with E-state index in [0.717, 1.165) is 5.56 Å². The van der Waals surface area contributed by atoms with E-state index in [-0.39, 0.29) is 12.2 Å². The third-order valence-corrected chi connectivity index (χ3v) is 2.17. The van der Waals surface area contributed by atoms with Gasteiger partial charge in [-0.05, 0) is 39.3 Å². The van der Waals surface area contributed by atoms with E-state index in [1.807, 2.05) is 0 Å². The van der Waals surface area contributed by atoms with Crippen LogP contribution in [0.2, 0.25) is 0 Å². The van der Waals surface area contributed by atoms with E-state index in [4.69, 9.17) is 9.15 Å². The minimum absolute atomic E-state index is 0.0951. The lowest BCUT2D eigenvalue weighted by atomic mass is 10.1. The van der Waals surface area contributed by atoms with Crippen molar-refractivity contribution in [3.05, 3.63) is 24.2 Å². The lowest BCUT2D eigenvalue weighted by Gasteiger charge is -2.21. The molecule has 1 rings (SSSR count). The van der Waals surface area contributed by atoms with E-state index in [0.29, 0.717) is 0 Å². The Balaban J connectivity index is 2.42. The van der Waals surface area contributed by atoms with Crippen LogP contribution in [0.4, 0.5) is 4.79 Å². The maximum absolute atomic E-state index is 11.8. The molecule has 1 atom stereocenters. The Hall–Kier alpha value is -1.78. The highest BCUT2D eigenvalue weighted by atomic mass is 16.6.